The number of amides is 1. The summed E-state index contributed by atoms with van der Waals surface area (Å²) in [6.45, 7) is 5.69. The lowest BCUT2D eigenvalue weighted by Crippen LogP contribution is -2.49. The molecule has 114 valence electrons. The number of carbonyl (C=O) groups is 1. The predicted octanol–water partition coefficient (Wildman–Crippen LogP) is 1.43. The minimum atomic E-state index is -0.198. The maximum atomic E-state index is 12.1. The Bertz CT molecular complexity index is 279. The lowest BCUT2D eigenvalue weighted by molar-refractivity contribution is -0.131. The number of piperidine rings is 1. The molecule has 2 rings (SSSR count). The van der Waals surface area contributed by atoms with Gasteiger partial charge < -0.3 is 15.5 Å². The van der Waals surface area contributed by atoms with Crippen LogP contribution in [-0.2, 0) is 4.79 Å². The van der Waals surface area contributed by atoms with Crippen molar-refractivity contribution in [2.75, 3.05) is 33.2 Å². The first kappa shape index (κ1) is 19.0. The van der Waals surface area contributed by atoms with Gasteiger partial charge in [0.2, 0.25) is 5.91 Å². The third-order valence-corrected chi connectivity index (χ3v) is 4.07. The van der Waals surface area contributed by atoms with Gasteiger partial charge in [0.15, 0.2) is 0 Å². The van der Waals surface area contributed by atoms with Gasteiger partial charge in [-0.3, -0.25) is 4.79 Å². The molecule has 0 bridgehead atoms. The molecular formula is C13H27Cl2N3O. The highest BCUT2D eigenvalue weighted by atomic mass is 35.5. The molecule has 0 radical (unpaired) electrons. The van der Waals surface area contributed by atoms with Gasteiger partial charge in [-0.05, 0) is 46.2 Å². The Morgan fingerprint density at radius 1 is 1.42 bits per heavy atom. The van der Waals surface area contributed by atoms with E-state index >= 15 is 0 Å². The molecule has 6 heteroatoms. The molecule has 1 aliphatic carbocycles. The van der Waals surface area contributed by atoms with Crippen LogP contribution in [0.1, 0.15) is 32.6 Å². The summed E-state index contributed by atoms with van der Waals surface area (Å²) in [4.78, 5) is 14.5. The first-order chi connectivity index (χ1) is 8.12. The highest BCUT2D eigenvalue weighted by Crippen LogP contribution is 2.26. The molecule has 2 fully saturated rings. The fourth-order valence-electron chi connectivity index (χ4n) is 2.51. The Labute approximate surface area is 128 Å². The molecule has 1 amide bonds. The Morgan fingerprint density at radius 3 is 2.63 bits per heavy atom. The van der Waals surface area contributed by atoms with Crippen molar-refractivity contribution in [2.24, 2.45) is 5.41 Å². The van der Waals surface area contributed by atoms with Crippen LogP contribution < -0.4 is 10.6 Å². The van der Waals surface area contributed by atoms with E-state index in [2.05, 4.69) is 29.5 Å². The second kappa shape index (κ2) is 8.30. The van der Waals surface area contributed by atoms with Crippen molar-refractivity contribution in [1.82, 2.24) is 15.5 Å². The molecular weight excluding hydrogens is 285 g/mol. The van der Waals surface area contributed by atoms with Crippen LogP contribution in [0.3, 0.4) is 0 Å². The highest BCUT2D eigenvalue weighted by molar-refractivity contribution is 5.85. The quantitative estimate of drug-likeness (QED) is 0.807. The van der Waals surface area contributed by atoms with Gasteiger partial charge in [-0.2, -0.15) is 0 Å². The van der Waals surface area contributed by atoms with Crippen LogP contribution in [-0.4, -0.2) is 50.1 Å². The van der Waals surface area contributed by atoms with E-state index < -0.39 is 0 Å². The van der Waals surface area contributed by atoms with Gasteiger partial charge in [0.05, 0.1) is 5.41 Å². The third-order valence-electron chi connectivity index (χ3n) is 4.07. The molecule has 0 aromatic rings. The monoisotopic (exact) mass is 311 g/mol. The topological polar surface area (TPSA) is 44.4 Å². The normalized spacial score (nSPS) is 26.3. The summed E-state index contributed by atoms with van der Waals surface area (Å²) in [6, 6.07) is 0.777. The zero-order chi connectivity index (χ0) is 12.3. The van der Waals surface area contributed by atoms with Gasteiger partial charge >= 0.3 is 0 Å². The number of likely N-dealkylation sites (N-methyl/N-ethyl adjacent to an activating group) is 1. The molecule has 1 saturated heterocycles. The summed E-state index contributed by atoms with van der Waals surface area (Å²) in [5.41, 5.74) is -0.198. The number of nitrogens with zero attached hydrogens (tertiary/aromatic N) is 1. The smallest absolute Gasteiger partial charge is 0.227 e. The van der Waals surface area contributed by atoms with Gasteiger partial charge in [0.1, 0.15) is 0 Å². The van der Waals surface area contributed by atoms with Crippen LogP contribution in [0.15, 0.2) is 0 Å². The zero-order valence-corrected chi connectivity index (χ0v) is 13.5. The third kappa shape index (κ3) is 5.46. The van der Waals surface area contributed by atoms with Gasteiger partial charge in [-0.1, -0.05) is 0 Å². The van der Waals surface area contributed by atoms with Crippen LogP contribution in [0.25, 0.3) is 0 Å². The standard InChI is InChI=1S/C13H25N3O.2ClH/c1-13(6-3-7-14-10-13)12(17)15-8-9-16(2)11-4-5-11;;/h11,14H,3-10H2,1-2H3,(H,15,17);2*1H. The second-order valence-electron chi connectivity index (χ2n) is 5.81. The van der Waals surface area contributed by atoms with Crippen molar-refractivity contribution in [3.8, 4) is 0 Å². The summed E-state index contributed by atoms with van der Waals surface area (Å²) in [5, 5.41) is 6.40. The summed E-state index contributed by atoms with van der Waals surface area (Å²) in [6.07, 6.45) is 4.76. The molecule has 2 N–H and O–H groups in total. The van der Waals surface area contributed by atoms with Crippen LogP contribution in [0.2, 0.25) is 0 Å². The predicted molar refractivity (Wildman–Crippen MR) is 83.4 cm³/mol. The van der Waals surface area contributed by atoms with Crippen molar-refractivity contribution in [3.63, 3.8) is 0 Å². The van der Waals surface area contributed by atoms with Crippen molar-refractivity contribution < 1.29 is 4.79 Å². The molecule has 1 heterocycles. The maximum absolute atomic E-state index is 12.1. The van der Waals surface area contributed by atoms with E-state index in [-0.39, 0.29) is 36.1 Å². The summed E-state index contributed by atoms with van der Waals surface area (Å²) < 4.78 is 0. The molecule has 19 heavy (non-hydrogen) atoms. The fourth-order valence-corrected chi connectivity index (χ4v) is 2.51. The Hall–Kier alpha value is -0.0300. The first-order valence-electron chi connectivity index (χ1n) is 6.81. The Balaban J connectivity index is 0.00000162. The lowest BCUT2D eigenvalue weighted by atomic mass is 9.82. The van der Waals surface area contributed by atoms with Crippen LogP contribution in [0, 0.1) is 5.41 Å². The maximum Gasteiger partial charge on any atom is 0.227 e. The van der Waals surface area contributed by atoms with Crippen LogP contribution >= 0.6 is 24.8 Å². The zero-order valence-electron chi connectivity index (χ0n) is 11.9. The second-order valence-corrected chi connectivity index (χ2v) is 5.81. The number of rotatable bonds is 5. The van der Waals surface area contributed by atoms with Crippen LogP contribution in [0.4, 0.5) is 0 Å². The van der Waals surface area contributed by atoms with E-state index in [1.54, 1.807) is 0 Å². The van der Waals surface area contributed by atoms with Gasteiger partial charge in [-0.15, -0.1) is 24.8 Å². The minimum Gasteiger partial charge on any atom is -0.354 e. The molecule has 0 aromatic heterocycles. The van der Waals surface area contributed by atoms with Gasteiger partial charge in [0, 0.05) is 25.7 Å². The van der Waals surface area contributed by atoms with E-state index in [4.69, 9.17) is 0 Å². The average molecular weight is 312 g/mol. The fraction of sp³-hybridized carbons (Fsp3) is 0.923. The van der Waals surface area contributed by atoms with Crippen LogP contribution in [0.5, 0.6) is 0 Å². The first-order valence-corrected chi connectivity index (χ1v) is 6.81. The molecule has 1 atom stereocenters. The average Bonchev–Trinajstić information content (AvgIpc) is 3.13. The molecule has 1 saturated carbocycles. The highest BCUT2D eigenvalue weighted by Gasteiger charge is 2.34. The molecule has 1 aliphatic heterocycles. The number of hydrogen-bond acceptors (Lipinski definition) is 3. The van der Waals surface area contributed by atoms with Crippen molar-refractivity contribution >= 4 is 30.7 Å². The molecule has 4 nitrogen and oxygen atoms in total. The van der Waals surface area contributed by atoms with E-state index in [9.17, 15) is 4.79 Å². The number of hydrogen-bond donors (Lipinski definition) is 2. The summed E-state index contributed by atoms with van der Waals surface area (Å²) in [7, 11) is 2.15. The SMILES string of the molecule is CN(CCNC(=O)C1(C)CCCNC1)C1CC1.Cl.Cl. The largest absolute Gasteiger partial charge is 0.354 e. The molecule has 0 spiro atoms. The number of halogens is 2. The van der Waals surface area contributed by atoms with Crippen molar-refractivity contribution in [3.05, 3.63) is 0 Å². The van der Waals surface area contributed by atoms with E-state index in [1.807, 2.05) is 0 Å². The number of carbonyl (C=O) groups excluding carboxylic acids is 1. The van der Waals surface area contributed by atoms with Gasteiger partial charge in [-0.25, -0.2) is 0 Å². The van der Waals surface area contributed by atoms with Crippen molar-refractivity contribution in [2.45, 2.75) is 38.6 Å². The molecule has 1 unspecified atom stereocenters. The Kier molecular flexibility index (Phi) is 8.29. The van der Waals surface area contributed by atoms with Gasteiger partial charge in [0.25, 0.3) is 0 Å². The van der Waals surface area contributed by atoms with E-state index in [0.29, 0.717) is 0 Å². The Morgan fingerprint density at radius 2 is 2.11 bits per heavy atom. The van der Waals surface area contributed by atoms with Crippen molar-refractivity contribution in [1.29, 1.82) is 0 Å². The number of nitrogens with one attached hydrogen (secondary N) is 2. The summed E-state index contributed by atoms with van der Waals surface area (Å²) >= 11 is 0. The summed E-state index contributed by atoms with van der Waals surface area (Å²) in [5.74, 6) is 0.217. The van der Waals surface area contributed by atoms with E-state index in [1.165, 1.54) is 12.8 Å². The molecule has 2 aliphatic rings. The molecule has 0 aromatic carbocycles. The van der Waals surface area contributed by atoms with E-state index in [0.717, 1.165) is 45.1 Å². The minimum absolute atomic E-state index is 0. The lowest BCUT2D eigenvalue weighted by Gasteiger charge is -2.32.